The third kappa shape index (κ3) is 4.34. The van der Waals surface area contributed by atoms with E-state index in [9.17, 15) is 4.79 Å². The smallest absolute Gasteiger partial charge is 0.303 e. The van der Waals surface area contributed by atoms with E-state index in [0.717, 1.165) is 15.7 Å². The zero-order chi connectivity index (χ0) is 11.3. The van der Waals surface area contributed by atoms with Crippen LogP contribution in [-0.4, -0.2) is 17.6 Å². The van der Waals surface area contributed by atoms with Crippen LogP contribution in [0.2, 0.25) is 0 Å². The van der Waals surface area contributed by atoms with Gasteiger partial charge in [0.1, 0.15) is 0 Å². The molecule has 0 amide bonds. The second-order valence-electron chi connectivity index (χ2n) is 3.38. The predicted molar refractivity (Wildman–Crippen MR) is 64.2 cm³/mol. The number of anilines is 1. The van der Waals surface area contributed by atoms with Crippen LogP contribution in [0.5, 0.6) is 0 Å². The fourth-order valence-corrected chi connectivity index (χ4v) is 1.61. The van der Waals surface area contributed by atoms with Crippen molar-refractivity contribution in [2.45, 2.75) is 19.8 Å². The van der Waals surface area contributed by atoms with Crippen LogP contribution in [0.4, 0.5) is 5.69 Å². The highest BCUT2D eigenvalue weighted by atomic mass is 79.9. The third-order valence-corrected chi connectivity index (χ3v) is 2.58. The topological polar surface area (TPSA) is 49.3 Å². The first kappa shape index (κ1) is 12.0. The van der Waals surface area contributed by atoms with Crippen molar-refractivity contribution in [2.24, 2.45) is 0 Å². The maximum absolute atomic E-state index is 10.3. The van der Waals surface area contributed by atoms with Gasteiger partial charge in [0.05, 0.1) is 0 Å². The number of hydrogen-bond donors (Lipinski definition) is 2. The summed E-state index contributed by atoms with van der Waals surface area (Å²) in [5.74, 6) is -0.747. The van der Waals surface area contributed by atoms with Crippen molar-refractivity contribution in [3.63, 3.8) is 0 Å². The van der Waals surface area contributed by atoms with E-state index in [1.54, 1.807) is 0 Å². The molecule has 0 aromatic heterocycles. The molecule has 0 aliphatic heterocycles. The lowest BCUT2D eigenvalue weighted by Crippen LogP contribution is -2.05. The van der Waals surface area contributed by atoms with Gasteiger partial charge in [0.2, 0.25) is 0 Å². The lowest BCUT2D eigenvalue weighted by Gasteiger charge is -2.09. The summed E-state index contributed by atoms with van der Waals surface area (Å²) in [5.41, 5.74) is 2.21. The normalized spacial score (nSPS) is 10.0. The number of rotatable bonds is 5. The number of benzene rings is 1. The van der Waals surface area contributed by atoms with E-state index >= 15 is 0 Å². The number of halogens is 1. The number of nitrogens with one attached hydrogen (secondary N) is 1. The first-order valence-corrected chi connectivity index (χ1v) is 5.60. The number of carbonyl (C=O) groups is 1. The number of carboxylic acid groups (broad SMARTS) is 1. The van der Waals surface area contributed by atoms with Gasteiger partial charge in [0, 0.05) is 23.1 Å². The van der Waals surface area contributed by atoms with E-state index in [1.165, 1.54) is 0 Å². The Labute approximate surface area is 97.6 Å². The minimum atomic E-state index is -0.747. The molecular formula is C11H14BrNO2. The monoisotopic (exact) mass is 271 g/mol. The molecule has 0 radical (unpaired) electrons. The SMILES string of the molecule is Cc1ccc(Br)cc1NCCCC(=O)O. The molecule has 0 heterocycles. The second kappa shape index (κ2) is 5.75. The Morgan fingerprint density at radius 2 is 2.27 bits per heavy atom. The summed E-state index contributed by atoms with van der Waals surface area (Å²) in [7, 11) is 0. The van der Waals surface area contributed by atoms with Gasteiger partial charge in [-0.1, -0.05) is 22.0 Å². The van der Waals surface area contributed by atoms with Gasteiger partial charge in [-0.3, -0.25) is 4.79 Å². The molecule has 0 saturated carbocycles. The van der Waals surface area contributed by atoms with E-state index in [4.69, 9.17) is 5.11 Å². The molecule has 3 nitrogen and oxygen atoms in total. The molecule has 0 aliphatic carbocycles. The number of carboxylic acids is 1. The summed E-state index contributed by atoms with van der Waals surface area (Å²) in [5, 5.41) is 11.7. The van der Waals surface area contributed by atoms with Gasteiger partial charge in [-0.15, -0.1) is 0 Å². The maximum atomic E-state index is 10.3. The average molecular weight is 272 g/mol. The summed E-state index contributed by atoms with van der Waals surface area (Å²) in [6.07, 6.45) is 0.849. The van der Waals surface area contributed by atoms with Crippen molar-refractivity contribution in [1.82, 2.24) is 0 Å². The van der Waals surface area contributed by atoms with Crippen LogP contribution < -0.4 is 5.32 Å². The fraction of sp³-hybridized carbons (Fsp3) is 0.364. The molecule has 0 aliphatic rings. The third-order valence-electron chi connectivity index (χ3n) is 2.08. The number of hydrogen-bond acceptors (Lipinski definition) is 2. The van der Waals surface area contributed by atoms with Crippen molar-refractivity contribution in [2.75, 3.05) is 11.9 Å². The van der Waals surface area contributed by atoms with Crippen LogP contribution in [0.15, 0.2) is 22.7 Å². The molecule has 4 heteroatoms. The van der Waals surface area contributed by atoms with E-state index < -0.39 is 5.97 Å². The second-order valence-corrected chi connectivity index (χ2v) is 4.30. The Kier molecular flexibility index (Phi) is 4.62. The van der Waals surface area contributed by atoms with E-state index in [2.05, 4.69) is 21.2 Å². The van der Waals surface area contributed by atoms with Crippen LogP contribution in [0.3, 0.4) is 0 Å². The van der Waals surface area contributed by atoms with Crippen LogP contribution in [-0.2, 0) is 4.79 Å². The van der Waals surface area contributed by atoms with Gasteiger partial charge < -0.3 is 10.4 Å². The van der Waals surface area contributed by atoms with Crippen LogP contribution in [0.25, 0.3) is 0 Å². The lowest BCUT2D eigenvalue weighted by molar-refractivity contribution is -0.137. The zero-order valence-corrected chi connectivity index (χ0v) is 10.2. The van der Waals surface area contributed by atoms with Gasteiger partial charge in [-0.05, 0) is 31.0 Å². The molecule has 1 aromatic carbocycles. The summed E-state index contributed by atoms with van der Waals surface area (Å²) < 4.78 is 1.02. The highest BCUT2D eigenvalue weighted by Gasteiger charge is 1.99. The van der Waals surface area contributed by atoms with Gasteiger partial charge in [-0.25, -0.2) is 0 Å². The summed E-state index contributed by atoms with van der Waals surface area (Å²) in [4.78, 5) is 10.3. The summed E-state index contributed by atoms with van der Waals surface area (Å²) in [6.45, 7) is 2.70. The Hall–Kier alpha value is -1.03. The Bertz CT molecular complexity index is 352. The molecule has 0 bridgehead atoms. The van der Waals surface area contributed by atoms with Crippen molar-refractivity contribution in [1.29, 1.82) is 0 Å². The van der Waals surface area contributed by atoms with Crippen molar-refractivity contribution in [3.05, 3.63) is 28.2 Å². The van der Waals surface area contributed by atoms with Crippen molar-refractivity contribution in [3.8, 4) is 0 Å². The van der Waals surface area contributed by atoms with Crippen LogP contribution >= 0.6 is 15.9 Å². The predicted octanol–water partition coefficient (Wildman–Crippen LogP) is 3.03. The van der Waals surface area contributed by atoms with Crippen molar-refractivity contribution >= 4 is 27.6 Å². The van der Waals surface area contributed by atoms with Crippen LogP contribution in [0.1, 0.15) is 18.4 Å². The molecule has 2 N–H and O–H groups in total. The maximum Gasteiger partial charge on any atom is 0.303 e. The van der Waals surface area contributed by atoms with Gasteiger partial charge in [0.15, 0.2) is 0 Å². The van der Waals surface area contributed by atoms with Crippen molar-refractivity contribution < 1.29 is 9.90 Å². The molecule has 0 atom stereocenters. The van der Waals surface area contributed by atoms with Gasteiger partial charge in [-0.2, -0.15) is 0 Å². The summed E-state index contributed by atoms with van der Waals surface area (Å²) >= 11 is 3.39. The standard InChI is InChI=1S/C11H14BrNO2/c1-8-4-5-9(12)7-10(8)13-6-2-3-11(14)15/h4-5,7,13H,2-3,6H2,1H3,(H,14,15). The fourth-order valence-electron chi connectivity index (χ4n) is 1.25. The molecular weight excluding hydrogens is 258 g/mol. The first-order valence-electron chi connectivity index (χ1n) is 4.81. The number of aliphatic carboxylic acids is 1. The quantitative estimate of drug-likeness (QED) is 0.810. The Morgan fingerprint density at radius 1 is 1.53 bits per heavy atom. The molecule has 15 heavy (non-hydrogen) atoms. The molecule has 1 aromatic rings. The molecule has 0 spiro atoms. The lowest BCUT2D eigenvalue weighted by atomic mass is 10.2. The Balaban J connectivity index is 2.43. The van der Waals surface area contributed by atoms with E-state index in [0.29, 0.717) is 13.0 Å². The molecule has 1 rings (SSSR count). The average Bonchev–Trinajstić information content (AvgIpc) is 2.17. The Morgan fingerprint density at radius 3 is 2.93 bits per heavy atom. The van der Waals surface area contributed by atoms with Gasteiger partial charge in [0.25, 0.3) is 0 Å². The molecule has 0 saturated heterocycles. The van der Waals surface area contributed by atoms with E-state index in [-0.39, 0.29) is 6.42 Å². The largest absolute Gasteiger partial charge is 0.481 e. The zero-order valence-electron chi connectivity index (χ0n) is 8.59. The number of aryl methyl sites for hydroxylation is 1. The molecule has 0 fully saturated rings. The minimum Gasteiger partial charge on any atom is -0.481 e. The minimum absolute atomic E-state index is 0.208. The first-order chi connectivity index (χ1) is 7.09. The highest BCUT2D eigenvalue weighted by Crippen LogP contribution is 2.20. The molecule has 82 valence electrons. The van der Waals surface area contributed by atoms with E-state index in [1.807, 2.05) is 25.1 Å². The summed E-state index contributed by atoms with van der Waals surface area (Å²) in [6, 6.07) is 6.00. The highest BCUT2D eigenvalue weighted by molar-refractivity contribution is 9.10. The van der Waals surface area contributed by atoms with Crippen LogP contribution in [0, 0.1) is 6.92 Å². The van der Waals surface area contributed by atoms with Gasteiger partial charge >= 0.3 is 5.97 Å². The molecule has 0 unspecified atom stereocenters.